The van der Waals surface area contributed by atoms with Crippen molar-refractivity contribution in [2.45, 2.75) is 19.9 Å². The molecule has 126 valence electrons. The molecule has 0 radical (unpaired) electrons. The number of fused-ring (bicyclic) bond motifs is 2. The summed E-state index contributed by atoms with van der Waals surface area (Å²) in [4.78, 5) is 11.0. The van der Waals surface area contributed by atoms with Gasteiger partial charge in [-0.1, -0.05) is 59.1 Å². The van der Waals surface area contributed by atoms with Crippen molar-refractivity contribution < 1.29 is 0 Å². The van der Waals surface area contributed by atoms with Crippen LogP contribution in [0.2, 0.25) is 0 Å². The van der Waals surface area contributed by atoms with E-state index in [1.807, 2.05) is 11.9 Å². The van der Waals surface area contributed by atoms with Gasteiger partial charge in [0.15, 0.2) is 11.0 Å². The van der Waals surface area contributed by atoms with E-state index >= 15 is 0 Å². The minimum Gasteiger partial charge on any atom is -0.369 e. The van der Waals surface area contributed by atoms with E-state index in [-0.39, 0.29) is 6.04 Å². The van der Waals surface area contributed by atoms with Crippen LogP contribution >= 0.6 is 11.6 Å². The summed E-state index contributed by atoms with van der Waals surface area (Å²) in [5.41, 5.74) is 6.44. The van der Waals surface area contributed by atoms with E-state index in [1.54, 1.807) is 6.34 Å². The highest BCUT2D eigenvalue weighted by atomic mass is 35.5. The first kappa shape index (κ1) is 15.9. The lowest BCUT2D eigenvalue weighted by Gasteiger charge is -2.26. The number of amidine groups is 1. The smallest absolute Gasteiger partial charge is 0.160 e. The van der Waals surface area contributed by atoms with Crippen LogP contribution in [0, 0.1) is 13.8 Å². The number of aryl methyl sites for hydroxylation is 2. The summed E-state index contributed by atoms with van der Waals surface area (Å²) < 4.78 is 0. The van der Waals surface area contributed by atoms with Gasteiger partial charge in [-0.3, -0.25) is 0 Å². The van der Waals surface area contributed by atoms with Crippen molar-refractivity contribution in [3.05, 3.63) is 75.6 Å². The first-order valence-corrected chi connectivity index (χ1v) is 8.60. The lowest BCUT2D eigenvalue weighted by atomic mass is 9.95. The van der Waals surface area contributed by atoms with Gasteiger partial charge in [-0.05, 0) is 25.5 Å². The van der Waals surface area contributed by atoms with Crippen molar-refractivity contribution in [1.29, 1.82) is 0 Å². The fraction of sp³-hybridized carbons (Fsp3) is 0.200. The van der Waals surface area contributed by atoms with Crippen LogP contribution in [-0.2, 0) is 0 Å². The predicted octanol–water partition coefficient (Wildman–Crippen LogP) is 4.41. The van der Waals surface area contributed by atoms with E-state index in [9.17, 15) is 0 Å². The highest BCUT2D eigenvalue weighted by Gasteiger charge is 2.29. The third kappa shape index (κ3) is 2.83. The first-order chi connectivity index (χ1) is 12.0. The van der Waals surface area contributed by atoms with Gasteiger partial charge in [0.2, 0.25) is 0 Å². The van der Waals surface area contributed by atoms with Crippen molar-refractivity contribution in [2.24, 2.45) is 9.98 Å². The highest BCUT2D eigenvalue weighted by molar-refractivity contribution is 6.33. The lowest BCUT2D eigenvalue weighted by molar-refractivity contribution is 0.684. The van der Waals surface area contributed by atoms with Crippen molar-refractivity contribution in [3.8, 4) is 0 Å². The van der Waals surface area contributed by atoms with E-state index < -0.39 is 0 Å². The Kier molecular flexibility index (Phi) is 3.85. The maximum atomic E-state index is 6.39. The summed E-state index contributed by atoms with van der Waals surface area (Å²) in [6.45, 7) is 4.19. The van der Waals surface area contributed by atoms with E-state index in [0.717, 1.165) is 22.8 Å². The van der Waals surface area contributed by atoms with Crippen LogP contribution in [0.3, 0.4) is 0 Å². The van der Waals surface area contributed by atoms with Crippen LogP contribution in [0.1, 0.15) is 28.3 Å². The summed E-state index contributed by atoms with van der Waals surface area (Å²) >= 11 is 6.39. The molecule has 5 heteroatoms. The van der Waals surface area contributed by atoms with Crippen molar-refractivity contribution in [2.75, 3.05) is 7.05 Å². The van der Waals surface area contributed by atoms with Gasteiger partial charge >= 0.3 is 0 Å². The van der Waals surface area contributed by atoms with Gasteiger partial charge in [-0.2, -0.15) is 0 Å². The summed E-state index contributed by atoms with van der Waals surface area (Å²) in [6, 6.07) is 14.8. The second-order valence-corrected chi connectivity index (χ2v) is 6.87. The zero-order valence-electron chi connectivity index (χ0n) is 14.4. The SMILES string of the molecule is Cc1ccc(C2NC3=C(Cl)N=CN(C)C3=Nc3ccc(C)cc32)cc1. The molecule has 0 spiro atoms. The Hall–Kier alpha value is -2.59. The van der Waals surface area contributed by atoms with Gasteiger partial charge in [-0.15, -0.1) is 0 Å². The van der Waals surface area contributed by atoms with Gasteiger partial charge in [0.1, 0.15) is 5.70 Å². The van der Waals surface area contributed by atoms with Crippen LogP contribution in [0.5, 0.6) is 0 Å². The summed E-state index contributed by atoms with van der Waals surface area (Å²) in [7, 11) is 1.92. The number of rotatable bonds is 1. The molecule has 1 N–H and O–H groups in total. The van der Waals surface area contributed by atoms with Gasteiger partial charge in [0, 0.05) is 12.6 Å². The molecule has 2 aliphatic rings. The van der Waals surface area contributed by atoms with Crippen LogP contribution < -0.4 is 5.32 Å². The topological polar surface area (TPSA) is 40.0 Å². The Morgan fingerprint density at radius 1 is 1.04 bits per heavy atom. The first-order valence-electron chi connectivity index (χ1n) is 8.22. The minimum absolute atomic E-state index is 0.0396. The fourth-order valence-electron chi connectivity index (χ4n) is 3.15. The zero-order valence-corrected chi connectivity index (χ0v) is 15.2. The minimum atomic E-state index is -0.0396. The van der Waals surface area contributed by atoms with Crippen LogP contribution in [0.15, 0.2) is 63.3 Å². The maximum Gasteiger partial charge on any atom is 0.160 e. The third-order valence-electron chi connectivity index (χ3n) is 4.53. The van der Waals surface area contributed by atoms with E-state index in [1.165, 1.54) is 16.7 Å². The van der Waals surface area contributed by atoms with Crippen molar-refractivity contribution >= 4 is 29.5 Å². The Balaban J connectivity index is 1.93. The average molecular weight is 351 g/mol. The molecular formula is C20H19ClN4. The number of nitrogens with one attached hydrogen (secondary N) is 1. The number of halogens is 1. The molecule has 2 aliphatic heterocycles. The molecule has 2 heterocycles. The lowest BCUT2D eigenvalue weighted by Crippen LogP contribution is -2.36. The van der Waals surface area contributed by atoms with E-state index in [0.29, 0.717) is 5.16 Å². The van der Waals surface area contributed by atoms with Crippen molar-refractivity contribution in [3.63, 3.8) is 0 Å². The zero-order chi connectivity index (χ0) is 17.6. The largest absolute Gasteiger partial charge is 0.369 e. The molecule has 4 rings (SSSR count). The van der Waals surface area contributed by atoms with Gasteiger partial charge in [0.25, 0.3) is 0 Å². The van der Waals surface area contributed by atoms with Gasteiger partial charge < -0.3 is 10.2 Å². The average Bonchev–Trinajstić information content (AvgIpc) is 2.77. The quantitative estimate of drug-likeness (QED) is 0.774. The highest BCUT2D eigenvalue weighted by Crippen LogP contribution is 2.36. The van der Waals surface area contributed by atoms with Crippen LogP contribution in [0.25, 0.3) is 0 Å². The maximum absolute atomic E-state index is 6.39. The predicted molar refractivity (Wildman–Crippen MR) is 104 cm³/mol. The Morgan fingerprint density at radius 3 is 2.52 bits per heavy atom. The number of aliphatic imine (C=N–C) groups is 2. The second-order valence-electron chi connectivity index (χ2n) is 6.51. The number of hydrogen-bond acceptors (Lipinski definition) is 4. The molecule has 0 fully saturated rings. The molecule has 0 aliphatic carbocycles. The van der Waals surface area contributed by atoms with E-state index in [4.69, 9.17) is 16.6 Å². The molecular weight excluding hydrogens is 332 g/mol. The fourth-order valence-corrected chi connectivity index (χ4v) is 3.33. The second kappa shape index (κ2) is 6.05. The van der Waals surface area contributed by atoms with E-state index in [2.05, 4.69) is 66.6 Å². The molecule has 0 saturated carbocycles. The normalized spacial score (nSPS) is 19.0. The third-order valence-corrected chi connectivity index (χ3v) is 4.81. The van der Waals surface area contributed by atoms with Crippen molar-refractivity contribution in [1.82, 2.24) is 10.2 Å². The molecule has 4 nitrogen and oxygen atoms in total. The number of nitrogens with zero attached hydrogens (tertiary/aromatic N) is 3. The molecule has 0 amide bonds. The molecule has 0 bridgehead atoms. The monoisotopic (exact) mass is 350 g/mol. The summed E-state index contributed by atoms with van der Waals surface area (Å²) in [5.74, 6) is 0.778. The molecule has 0 saturated heterocycles. The van der Waals surface area contributed by atoms with Crippen LogP contribution in [0.4, 0.5) is 5.69 Å². The molecule has 0 aromatic heterocycles. The Labute approximate surface area is 152 Å². The number of hydrogen-bond donors (Lipinski definition) is 1. The summed E-state index contributed by atoms with van der Waals surface area (Å²) in [5, 5.41) is 4.01. The van der Waals surface area contributed by atoms with Gasteiger partial charge in [0.05, 0.1) is 18.1 Å². The number of benzene rings is 2. The number of likely N-dealkylation sites (N-methyl/N-ethyl adjacent to an activating group) is 1. The molecule has 2 aromatic carbocycles. The standard InChI is InChI=1S/C20H19ClN4/c1-12-4-7-14(8-5-12)17-15-10-13(2)6-9-16(15)23-20-18(24-17)19(21)22-11-25(20)3/h4-11,17,24H,1-3H3. The molecule has 1 unspecified atom stereocenters. The van der Waals surface area contributed by atoms with Crippen LogP contribution in [-0.4, -0.2) is 24.1 Å². The van der Waals surface area contributed by atoms with Gasteiger partial charge in [-0.25, -0.2) is 9.98 Å². The molecule has 2 aromatic rings. The summed E-state index contributed by atoms with van der Waals surface area (Å²) in [6.07, 6.45) is 1.69. The molecule has 1 atom stereocenters. The Morgan fingerprint density at radius 2 is 1.76 bits per heavy atom. The Bertz CT molecular complexity index is 925. The molecule has 25 heavy (non-hydrogen) atoms.